The van der Waals surface area contributed by atoms with Crippen LogP contribution in [0.2, 0.25) is 0 Å². The summed E-state index contributed by atoms with van der Waals surface area (Å²) >= 11 is 0. The Morgan fingerprint density at radius 3 is 3.00 bits per heavy atom. The molecule has 1 rings (SSSR count). The average Bonchev–Trinajstić information content (AvgIpc) is 2.47. The molecule has 0 spiro atoms. The summed E-state index contributed by atoms with van der Waals surface area (Å²) in [4.78, 5) is 15.2. The van der Waals surface area contributed by atoms with Crippen molar-refractivity contribution in [1.82, 2.24) is 0 Å². The molecule has 0 unspecified atom stereocenters. The van der Waals surface area contributed by atoms with Gasteiger partial charge in [0, 0.05) is 0 Å². The van der Waals surface area contributed by atoms with Gasteiger partial charge >= 0.3 is 5.97 Å². The maximum absolute atomic E-state index is 11.3. The first kappa shape index (κ1) is 10.0. The third kappa shape index (κ3) is 1.82. The number of esters is 1. The predicted octanol–water partition coefficient (Wildman–Crippen LogP) is 1.15. The Morgan fingerprint density at radius 2 is 2.46 bits per heavy atom. The zero-order valence-corrected chi connectivity index (χ0v) is 8.24. The Kier molecular flexibility index (Phi) is 2.90. The van der Waals surface area contributed by atoms with Crippen LogP contribution >= 0.6 is 0 Å². The molecular weight excluding hydrogens is 170 g/mol. The normalized spacial score (nSPS) is 31.5. The second-order valence-corrected chi connectivity index (χ2v) is 3.36. The Bertz CT molecular complexity index is 227. The molecule has 1 aliphatic heterocycles. The zero-order chi connectivity index (χ0) is 9.90. The lowest BCUT2D eigenvalue weighted by atomic mass is 9.92. The lowest BCUT2D eigenvalue weighted by Gasteiger charge is -2.26. The van der Waals surface area contributed by atoms with E-state index < -0.39 is 11.6 Å². The van der Waals surface area contributed by atoms with Crippen LogP contribution in [0.3, 0.4) is 0 Å². The van der Waals surface area contributed by atoms with E-state index in [1.807, 2.05) is 13.8 Å². The molecule has 0 aliphatic carbocycles. The summed E-state index contributed by atoms with van der Waals surface area (Å²) in [6.07, 6.45) is 3.09. The number of hydrogen-bond acceptors (Lipinski definition) is 4. The van der Waals surface area contributed by atoms with Crippen molar-refractivity contribution in [1.29, 1.82) is 0 Å². The van der Waals surface area contributed by atoms with Crippen LogP contribution in [0.25, 0.3) is 0 Å². The molecule has 0 saturated heterocycles. The molecule has 1 heterocycles. The molecule has 4 nitrogen and oxygen atoms in total. The maximum atomic E-state index is 11.3. The van der Waals surface area contributed by atoms with Crippen LogP contribution in [0.5, 0.6) is 0 Å². The molecule has 0 aromatic heterocycles. The van der Waals surface area contributed by atoms with Crippen LogP contribution in [0.4, 0.5) is 0 Å². The minimum Gasteiger partial charge on any atom is -0.475 e. The van der Waals surface area contributed by atoms with Crippen LogP contribution in [0.1, 0.15) is 26.7 Å². The molecule has 2 atom stereocenters. The van der Waals surface area contributed by atoms with E-state index >= 15 is 0 Å². The van der Waals surface area contributed by atoms with Crippen molar-refractivity contribution in [2.75, 3.05) is 7.11 Å². The average molecular weight is 185 g/mol. The fraction of sp³-hybridized carbons (Fsp3) is 0.778. The van der Waals surface area contributed by atoms with Gasteiger partial charge in [0.05, 0.1) is 7.11 Å². The van der Waals surface area contributed by atoms with E-state index in [1.165, 1.54) is 13.5 Å². The Morgan fingerprint density at radius 1 is 1.77 bits per heavy atom. The van der Waals surface area contributed by atoms with Crippen molar-refractivity contribution in [2.45, 2.75) is 38.3 Å². The van der Waals surface area contributed by atoms with E-state index in [2.05, 4.69) is 9.73 Å². The lowest BCUT2D eigenvalue weighted by molar-refractivity contribution is -0.146. The van der Waals surface area contributed by atoms with E-state index in [-0.39, 0.29) is 5.97 Å². The largest absolute Gasteiger partial charge is 0.475 e. The highest BCUT2D eigenvalue weighted by atomic mass is 16.5. The molecule has 0 saturated carbocycles. The van der Waals surface area contributed by atoms with Gasteiger partial charge in [-0.15, -0.1) is 0 Å². The quantitative estimate of drug-likeness (QED) is 0.619. The van der Waals surface area contributed by atoms with Gasteiger partial charge in [-0.3, -0.25) is 0 Å². The highest BCUT2D eigenvalue weighted by molar-refractivity contribution is 5.80. The van der Waals surface area contributed by atoms with E-state index in [0.717, 1.165) is 12.8 Å². The molecule has 74 valence electrons. The van der Waals surface area contributed by atoms with Crippen molar-refractivity contribution in [3.05, 3.63) is 0 Å². The van der Waals surface area contributed by atoms with E-state index in [0.29, 0.717) is 0 Å². The number of hydrogen-bond donors (Lipinski definition) is 0. The maximum Gasteiger partial charge on any atom is 0.334 e. The van der Waals surface area contributed by atoms with Gasteiger partial charge in [0.1, 0.15) is 5.60 Å². The molecule has 0 N–H and O–H groups in total. The molecule has 0 aromatic rings. The van der Waals surface area contributed by atoms with Crippen molar-refractivity contribution in [2.24, 2.45) is 4.99 Å². The van der Waals surface area contributed by atoms with Gasteiger partial charge in [0.25, 0.3) is 0 Å². The zero-order valence-electron chi connectivity index (χ0n) is 8.24. The van der Waals surface area contributed by atoms with Gasteiger partial charge in [0.2, 0.25) is 0 Å². The van der Waals surface area contributed by atoms with Crippen molar-refractivity contribution in [3.63, 3.8) is 0 Å². The highest BCUT2D eigenvalue weighted by Gasteiger charge is 2.43. The summed E-state index contributed by atoms with van der Waals surface area (Å²) in [5, 5.41) is 0. The first-order chi connectivity index (χ1) is 6.14. The molecule has 1 aliphatic rings. The van der Waals surface area contributed by atoms with Crippen molar-refractivity contribution >= 4 is 12.4 Å². The second kappa shape index (κ2) is 3.77. The summed E-state index contributed by atoms with van der Waals surface area (Å²) in [6, 6.07) is -0.502. The fourth-order valence-electron chi connectivity index (χ4n) is 1.55. The van der Waals surface area contributed by atoms with Gasteiger partial charge in [-0.2, -0.15) is 0 Å². The van der Waals surface area contributed by atoms with E-state index in [9.17, 15) is 4.79 Å². The van der Waals surface area contributed by atoms with Crippen LogP contribution < -0.4 is 0 Å². The van der Waals surface area contributed by atoms with Gasteiger partial charge in [0.15, 0.2) is 12.4 Å². The molecule has 4 heteroatoms. The summed E-state index contributed by atoms with van der Waals surface area (Å²) in [6.45, 7) is 3.92. The third-order valence-corrected chi connectivity index (χ3v) is 2.28. The molecule has 0 fully saturated rings. The molecule has 0 aromatic carbocycles. The number of carbonyl (C=O) groups is 1. The van der Waals surface area contributed by atoms with Crippen molar-refractivity contribution < 1.29 is 14.3 Å². The number of ether oxygens (including phenoxy) is 2. The van der Waals surface area contributed by atoms with Gasteiger partial charge in [-0.1, -0.05) is 13.3 Å². The lowest BCUT2D eigenvalue weighted by Crippen LogP contribution is -2.42. The predicted molar refractivity (Wildman–Crippen MR) is 48.7 cm³/mol. The van der Waals surface area contributed by atoms with Gasteiger partial charge in [-0.05, 0) is 13.3 Å². The summed E-state index contributed by atoms with van der Waals surface area (Å²) in [5.41, 5.74) is -0.512. The number of methoxy groups -OCH3 is 1. The number of nitrogens with zero attached hydrogens (tertiary/aromatic N) is 1. The topological polar surface area (TPSA) is 47.9 Å². The summed E-state index contributed by atoms with van der Waals surface area (Å²) in [5.74, 6) is -0.329. The Labute approximate surface area is 77.9 Å². The smallest absolute Gasteiger partial charge is 0.334 e. The Balaban J connectivity index is 2.71. The second-order valence-electron chi connectivity index (χ2n) is 3.36. The first-order valence-corrected chi connectivity index (χ1v) is 4.41. The monoisotopic (exact) mass is 185 g/mol. The van der Waals surface area contributed by atoms with Crippen LogP contribution in [0, 0.1) is 0 Å². The van der Waals surface area contributed by atoms with Gasteiger partial charge < -0.3 is 9.47 Å². The van der Waals surface area contributed by atoms with Crippen LogP contribution in [0.15, 0.2) is 4.99 Å². The first-order valence-electron chi connectivity index (χ1n) is 4.41. The number of rotatable bonds is 3. The molecule has 0 bridgehead atoms. The van der Waals surface area contributed by atoms with E-state index in [4.69, 9.17) is 4.74 Å². The summed E-state index contributed by atoms with van der Waals surface area (Å²) in [7, 11) is 1.36. The standard InChI is InChI=1S/C9H15NO3/c1-4-5-9(2)7(8(11)12-3)10-6-13-9/h6-7H,4-5H2,1-3H3/t7-,9+/m0/s1. The number of carbonyl (C=O) groups excluding carboxylic acids is 1. The molecule has 13 heavy (non-hydrogen) atoms. The molecular formula is C9H15NO3. The molecule has 0 radical (unpaired) electrons. The highest BCUT2D eigenvalue weighted by Crippen LogP contribution is 2.28. The fourth-order valence-corrected chi connectivity index (χ4v) is 1.55. The minimum absolute atomic E-state index is 0.329. The third-order valence-electron chi connectivity index (χ3n) is 2.28. The van der Waals surface area contributed by atoms with Crippen molar-refractivity contribution in [3.8, 4) is 0 Å². The SMILES string of the molecule is CCC[C@@]1(C)OC=N[C@H]1C(=O)OC. The van der Waals surface area contributed by atoms with Crippen LogP contribution in [-0.2, 0) is 14.3 Å². The molecule has 0 amide bonds. The van der Waals surface area contributed by atoms with Gasteiger partial charge in [-0.25, -0.2) is 9.79 Å². The summed E-state index contributed by atoms with van der Waals surface area (Å²) < 4.78 is 9.97. The number of aliphatic imine (C=N–C) groups is 1. The van der Waals surface area contributed by atoms with E-state index in [1.54, 1.807) is 0 Å². The Hall–Kier alpha value is -1.06. The van der Waals surface area contributed by atoms with Crippen LogP contribution in [-0.4, -0.2) is 31.1 Å². The minimum atomic E-state index is -0.512.